The van der Waals surface area contributed by atoms with Crippen molar-refractivity contribution in [1.82, 2.24) is 14.7 Å². The van der Waals surface area contributed by atoms with E-state index < -0.39 is 24.0 Å². The molecule has 0 aliphatic carbocycles. The zero-order valence-corrected chi connectivity index (χ0v) is 14.5. The first-order valence-electron chi connectivity index (χ1n) is 8.26. The molecule has 5 nitrogen and oxygen atoms in total. The van der Waals surface area contributed by atoms with Gasteiger partial charge in [0, 0.05) is 38.4 Å². The molecule has 1 aliphatic rings. The highest BCUT2D eigenvalue weighted by Gasteiger charge is 2.52. The third-order valence-electron chi connectivity index (χ3n) is 4.89. The van der Waals surface area contributed by atoms with Crippen LogP contribution in [0.25, 0.3) is 11.3 Å². The summed E-state index contributed by atoms with van der Waals surface area (Å²) in [4.78, 5) is 12.8. The van der Waals surface area contributed by atoms with Crippen LogP contribution in [0.3, 0.4) is 0 Å². The number of nitrogens with zero attached hydrogens (tertiary/aromatic N) is 3. The van der Waals surface area contributed by atoms with E-state index in [2.05, 4.69) is 5.10 Å². The molecule has 0 spiro atoms. The standard InChI is InChI=1S/C18H20F3N3O2/c1-11-3-4-12(13(7-11)16-5-6-22-23(16)2)8-24-9-14(17(25)26)15(10-24)18(19,20)21/h3-7,14-15H,8-10H2,1-2H3,(H,25,26)/t14-,15-/m1/s1. The summed E-state index contributed by atoms with van der Waals surface area (Å²) in [5.74, 6) is -4.67. The Morgan fingerprint density at radius 3 is 2.58 bits per heavy atom. The zero-order valence-electron chi connectivity index (χ0n) is 14.5. The molecule has 0 saturated carbocycles. The van der Waals surface area contributed by atoms with Gasteiger partial charge in [0.1, 0.15) is 0 Å². The third kappa shape index (κ3) is 3.60. The SMILES string of the molecule is Cc1ccc(CN2C[C@@H](C(F)(F)F)[C@H](C(=O)O)C2)c(-c2ccnn2C)c1. The van der Waals surface area contributed by atoms with E-state index in [1.807, 2.05) is 31.2 Å². The molecular formula is C18H20F3N3O2. The van der Waals surface area contributed by atoms with Gasteiger partial charge in [0.2, 0.25) is 0 Å². The summed E-state index contributed by atoms with van der Waals surface area (Å²) in [7, 11) is 1.80. The molecule has 1 aliphatic heterocycles. The minimum atomic E-state index is -4.52. The molecule has 8 heteroatoms. The molecule has 0 amide bonds. The molecule has 26 heavy (non-hydrogen) atoms. The number of halogens is 3. The quantitative estimate of drug-likeness (QED) is 0.902. The van der Waals surface area contributed by atoms with Gasteiger partial charge in [0.05, 0.1) is 17.5 Å². The number of carboxylic acid groups (broad SMARTS) is 1. The second-order valence-corrected chi connectivity index (χ2v) is 6.79. The highest BCUT2D eigenvalue weighted by Crippen LogP contribution is 2.38. The lowest BCUT2D eigenvalue weighted by Gasteiger charge is -2.20. The fourth-order valence-electron chi connectivity index (χ4n) is 3.54. The Labute approximate surface area is 149 Å². The van der Waals surface area contributed by atoms with Crippen LogP contribution >= 0.6 is 0 Å². The Morgan fingerprint density at radius 1 is 1.31 bits per heavy atom. The van der Waals surface area contributed by atoms with E-state index in [0.29, 0.717) is 0 Å². The van der Waals surface area contributed by atoms with Gasteiger partial charge in [-0.3, -0.25) is 14.4 Å². The lowest BCUT2D eigenvalue weighted by molar-refractivity contribution is -0.188. The number of rotatable bonds is 4. The number of carbonyl (C=O) groups is 1. The number of hydrogen-bond donors (Lipinski definition) is 1. The van der Waals surface area contributed by atoms with Crippen LogP contribution in [0.5, 0.6) is 0 Å². The summed E-state index contributed by atoms with van der Waals surface area (Å²) in [5.41, 5.74) is 3.64. The Bertz CT molecular complexity index is 816. The van der Waals surface area contributed by atoms with Crippen LogP contribution in [0.1, 0.15) is 11.1 Å². The van der Waals surface area contributed by atoms with Crippen molar-refractivity contribution >= 4 is 5.97 Å². The average Bonchev–Trinajstić information content (AvgIpc) is 3.15. The minimum Gasteiger partial charge on any atom is -0.481 e. The van der Waals surface area contributed by atoms with E-state index in [0.717, 1.165) is 22.4 Å². The number of aryl methyl sites for hydroxylation is 2. The lowest BCUT2D eigenvalue weighted by atomic mass is 9.96. The maximum atomic E-state index is 13.2. The summed E-state index contributed by atoms with van der Waals surface area (Å²) < 4.78 is 41.3. The maximum Gasteiger partial charge on any atom is 0.393 e. The number of aromatic nitrogens is 2. The maximum absolute atomic E-state index is 13.2. The van der Waals surface area contributed by atoms with E-state index in [1.54, 1.807) is 22.8 Å². The first-order chi connectivity index (χ1) is 12.2. The third-order valence-corrected chi connectivity index (χ3v) is 4.89. The van der Waals surface area contributed by atoms with Crippen molar-refractivity contribution in [2.45, 2.75) is 19.6 Å². The molecule has 0 unspecified atom stereocenters. The first-order valence-corrected chi connectivity index (χ1v) is 8.26. The molecule has 0 bridgehead atoms. The van der Waals surface area contributed by atoms with Crippen LogP contribution in [-0.2, 0) is 18.4 Å². The highest BCUT2D eigenvalue weighted by atomic mass is 19.4. The largest absolute Gasteiger partial charge is 0.481 e. The first kappa shape index (κ1) is 18.4. The van der Waals surface area contributed by atoms with Crippen molar-refractivity contribution in [2.75, 3.05) is 13.1 Å². The Kier molecular flexibility index (Phi) is 4.79. The monoisotopic (exact) mass is 367 g/mol. The van der Waals surface area contributed by atoms with Crippen molar-refractivity contribution in [3.05, 3.63) is 41.6 Å². The Morgan fingerprint density at radius 2 is 2.04 bits per heavy atom. The number of carboxylic acids is 1. The molecule has 1 N–H and O–H groups in total. The van der Waals surface area contributed by atoms with Crippen molar-refractivity contribution in [3.8, 4) is 11.3 Å². The van der Waals surface area contributed by atoms with E-state index in [1.165, 1.54) is 0 Å². The molecule has 1 aromatic heterocycles. The highest BCUT2D eigenvalue weighted by molar-refractivity contribution is 5.71. The summed E-state index contributed by atoms with van der Waals surface area (Å²) in [6.45, 7) is 1.79. The van der Waals surface area contributed by atoms with Gasteiger partial charge in [-0.2, -0.15) is 18.3 Å². The van der Waals surface area contributed by atoms with Crippen LogP contribution in [-0.4, -0.2) is 45.0 Å². The Hall–Kier alpha value is -2.35. The molecule has 1 saturated heterocycles. The minimum absolute atomic E-state index is 0.113. The van der Waals surface area contributed by atoms with Gasteiger partial charge in [-0.15, -0.1) is 0 Å². The van der Waals surface area contributed by atoms with Crippen molar-refractivity contribution in [3.63, 3.8) is 0 Å². The van der Waals surface area contributed by atoms with Crippen LogP contribution in [0.4, 0.5) is 13.2 Å². The van der Waals surface area contributed by atoms with Gasteiger partial charge >= 0.3 is 12.1 Å². The van der Waals surface area contributed by atoms with Gasteiger partial charge in [0.15, 0.2) is 0 Å². The van der Waals surface area contributed by atoms with E-state index >= 15 is 0 Å². The van der Waals surface area contributed by atoms with Crippen LogP contribution in [0, 0.1) is 18.8 Å². The van der Waals surface area contributed by atoms with Crippen molar-refractivity contribution in [2.24, 2.45) is 18.9 Å². The average molecular weight is 367 g/mol. The smallest absolute Gasteiger partial charge is 0.393 e. The normalized spacial score (nSPS) is 21.3. The molecule has 1 fully saturated rings. The van der Waals surface area contributed by atoms with Crippen molar-refractivity contribution < 1.29 is 23.1 Å². The number of benzene rings is 1. The second-order valence-electron chi connectivity index (χ2n) is 6.79. The zero-order chi connectivity index (χ0) is 19.1. The molecule has 2 aromatic rings. The molecule has 0 radical (unpaired) electrons. The molecule has 3 rings (SSSR count). The molecule has 2 atom stereocenters. The molecular weight excluding hydrogens is 347 g/mol. The summed E-state index contributed by atoms with van der Waals surface area (Å²) in [6, 6.07) is 7.61. The lowest BCUT2D eigenvalue weighted by Crippen LogP contribution is -2.33. The van der Waals surface area contributed by atoms with E-state index in [-0.39, 0.29) is 19.6 Å². The van der Waals surface area contributed by atoms with Crippen LogP contribution in [0.2, 0.25) is 0 Å². The van der Waals surface area contributed by atoms with E-state index in [9.17, 15) is 23.1 Å². The number of aliphatic carboxylic acids is 1. The summed E-state index contributed by atoms with van der Waals surface area (Å²) >= 11 is 0. The molecule has 1 aromatic carbocycles. The second kappa shape index (κ2) is 6.75. The van der Waals surface area contributed by atoms with Gasteiger partial charge in [-0.05, 0) is 24.6 Å². The fraction of sp³-hybridized carbons (Fsp3) is 0.444. The van der Waals surface area contributed by atoms with E-state index in [4.69, 9.17) is 0 Å². The van der Waals surface area contributed by atoms with Gasteiger partial charge in [-0.1, -0.05) is 17.7 Å². The summed E-state index contributed by atoms with van der Waals surface area (Å²) in [5, 5.41) is 13.3. The number of hydrogen-bond acceptors (Lipinski definition) is 3. The molecule has 140 valence electrons. The van der Waals surface area contributed by atoms with Crippen LogP contribution in [0.15, 0.2) is 30.5 Å². The summed E-state index contributed by atoms with van der Waals surface area (Å²) in [6.07, 6.45) is -2.85. The fourth-order valence-corrected chi connectivity index (χ4v) is 3.54. The van der Waals surface area contributed by atoms with Gasteiger partial charge in [0.25, 0.3) is 0 Å². The number of likely N-dealkylation sites (tertiary alicyclic amines) is 1. The predicted molar refractivity (Wildman–Crippen MR) is 89.3 cm³/mol. The van der Waals surface area contributed by atoms with Crippen molar-refractivity contribution in [1.29, 1.82) is 0 Å². The molecule has 2 heterocycles. The Balaban J connectivity index is 1.88. The van der Waals surface area contributed by atoms with Gasteiger partial charge in [-0.25, -0.2) is 0 Å². The topological polar surface area (TPSA) is 58.4 Å². The van der Waals surface area contributed by atoms with Gasteiger partial charge < -0.3 is 5.11 Å². The predicted octanol–water partition coefficient (Wildman–Crippen LogP) is 3.09. The number of alkyl halides is 3. The van der Waals surface area contributed by atoms with Crippen LogP contribution < -0.4 is 0 Å².